The number of anilines is 1. The summed E-state index contributed by atoms with van der Waals surface area (Å²) in [5.74, 6) is 0.105. The first-order valence-electron chi connectivity index (χ1n) is 9.06. The Hall–Kier alpha value is -2.04. The van der Waals surface area contributed by atoms with Crippen molar-refractivity contribution in [3.05, 3.63) is 29.8 Å². The number of carbonyl (C=O) groups is 2. The van der Waals surface area contributed by atoms with Gasteiger partial charge in [-0.05, 0) is 52.7 Å². The van der Waals surface area contributed by atoms with Crippen LogP contribution in [0.25, 0.3) is 0 Å². The van der Waals surface area contributed by atoms with Gasteiger partial charge in [-0.25, -0.2) is 4.79 Å². The Kier molecular flexibility index (Phi) is 4.52. The Bertz CT molecular complexity index is 666. The van der Waals surface area contributed by atoms with Gasteiger partial charge in [-0.1, -0.05) is 12.1 Å². The molecule has 0 bridgehead atoms. The van der Waals surface area contributed by atoms with Gasteiger partial charge in [0.2, 0.25) is 0 Å². The summed E-state index contributed by atoms with van der Waals surface area (Å²) in [5.41, 5.74) is 0.809. The maximum absolute atomic E-state index is 13.0. The van der Waals surface area contributed by atoms with Gasteiger partial charge in [-0.15, -0.1) is 0 Å². The molecule has 0 radical (unpaired) electrons. The highest BCUT2D eigenvalue weighted by Crippen LogP contribution is 2.35. The van der Waals surface area contributed by atoms with E-state index >= 15 is 0 Å². The molecule has 1 amide bonds. The molecular formula is C20H28N2O3. The number of benzene rings is 1. The minimum Gasteiger partial charge on any atom is -0.444 e. The van der Waals surface area contributed by atoms with E-state index in [2.05, 4.69) is 11.0 Å². The van der Waals surface area contributed by atoms with Crippen LogP contribution < -0.4 is 4.90 Å². The number of nitrogens with zero attached hydrogens (tertiary/aromatic N) is 2. The van der Waals surface area contributed by atoms with Crippen LogP contribution in [-0.2, 0) is 4.74 Å². The molecule has 2 heterocycles. The molecular weight excluding hydrogens is 316 g/mol. The van der Waals surface area contributed by atoms with Gasteiger partial charge in [0.25, 0.3) is 0 Å². The number of rotatable bonds is 3. The minimum absolute atomic E-state index is 0.105. The van der Waals surface area contributed by atoms with Crippen LogP contribution in [0.5, 0.6) is 0 Å². The highest BCUT2D eigenvalue weighted by molar-refractivity contribution is 6.02. The van der Waals surface area contributed by atoms with Crippen LogP contribution in [-0.4, -0.2) is 48.6 Å². The molecule has 1 aromatic rings. The minimum atomic E-state index is -0.527. The van der Waals surface area contributed by atoms with Crippen molar-refractivity contribution in [1.82, 2.24) is 4.90 Å². The number of Topliss-reactive ketones (excluding diaryl/α,β-unsaturated/α-hetero) is 1. The number of ether oxygens (including phenoxy) is 1. The molecule has 0 unspecified atom stereocenters. The Morgan fingerprint density at radius 3 is 2.36 bits per heavy atom. The van der Waals surface area contributed by atoms with E-state index in [0.29, 0.717) is 13.1 Å². The molecule has 0 aliphatic carbocycles. The monoisotopic (exact) mass is 344 g/mol. The van der Waals surface area contributed by atoms with Gasteiger partial charge in [0.05, 0.1) is 5.41 Å². The summed E-state index contributed by atoms with van der Waals surface area (Å²) >= 11 is 0. The molecule has 0 atom stereocenters. The first kappa shape index (κ1) is 17.8. The van der Waals surface area contributed by atoms with E-state index in [1.54, 1.807) is 4.90 Å². The van der Waals surface area contributed by atoms with Crippen molar-refractivity contribution in [2.45, 2.75) is 46.1 Å². The van der Waals surface area contributed by atoms with Crippen LogP contribution in [0.3, 0.4) is 0 Å². The standard InChI is InChI=1S/C20H28N2O3/c1-19(2,3)25-18(24)22-13-20(4,14-22)17(23)15-8-7-9-16(12-15)21-10-5-6-11-21/h7-9,12H,5-6,10-11,13-14H2,1-4H3. The van der Waals surface area contributed by atoms with Gasteiger partial charge in [0.15, 0.2) is 5.78 Å². The summed E-state index contributed by atoms with van der Waals surface area (Å²) in [5, 5.41) is 0. The van der Waals surface area contributed by atoms with Crippen molar-refractivity contribution >= 4 is 17.6 Å². The van der Waals surface area contributed by atoms with E-state index in [1.807, 2.05) is 45.9 Å². The zero-order valence-corrected chi connectivity index (χ0v) is 15.7. The average molecular weight is 344 g/mol. The molecule has 5 heteroatoms. The Labute approximate surface area is 149 Å². The van der Waals surface area contributed by atoms with E-state index in [1.165, 1.54) is 12.8 Å². The summed E-state index contributed by atoms with van der Waals surface area (Å²) in [6.07, 6.45) is 2.07. The van der Waals surface area contributed by atoms with E-state index < -0.39 is 11.0 Å². The fraction of sp³-hybridized carbons (Fsp3) is 0.600. The Morgan fingerprint density at radius 1 is 1.12 bits per heavy atom. The summed E-state index contributed by atoms with van der Waals surface area (Å²) in [6.45, 7) is 10.4. The molecule has 2 aliphatic heterocycles. The zero-order valence-electron chi connectivity index (χ0n) is 15.7. The first-order valence-corrected chi connectivity index (χ1v) is 9.06. The lowest BCUT2D eigenvalue weighted by molar-refractivity contribution is -0.0197. The fourth-order valence-corrected chi connectivity index (χ4v) is 3.56. The molecule has 2 fully saturated rings. The number of hydrogen-bond acceptors (Lipinski definition) is 4. The first-order chi connectivity index (χ1) is 11.7. The predicted molar refractivity (Wildman–Crippen MR) is 98.1 cm³/mol. The van der Waals surface area contributed by atoms with E-state index in [0.717, 1.165) is 24.3 Å². The topological polar surface area (TPSA) is 49.9 Å². The van der Waals surface area contributed by atoms with E-state index in [4.69, 9.17) is 4.74 Å². The molecule has 25 heavy (non-hydrogen) atoms. The van der Waals surface area contributed by atoms with Gasteiger partial charge in [-0.2, -0.15) is 0 Å². The van der Waals surface area contributed by atoms with Crippen molar-refractivity contribution in [3.8, 4) is 0 Å². The lowest BCUT2D eigenvalue weighted by atomic mass is 9.75. The largest absolute Gasteiger partial charge is 0.444 e. The quantitative estimate of drug-likeness (QED) is 0.784. The van der Waals surface area contributed by atoms with Gasteiger partial charge in [0.1, 0.15) is 5.60 Å². The van der Waals surface area contributed by atoms with Crippen LogP contribution in [0.15, 0.2) is 24.3 Å². The second-order valence-corrected chi connectivity index (χ2v) is 8.47. The van der Waals surface area contributed by atoms with Crippen LogP contribution >= 0.6 is 0 Å². The van der Waals surface area contributed by atoms with Crippen molar-refractivity contribution < 1.29 is 14.3 Å². The SMILES string of the molecule is CC(C)(C)OC(=O)N1CC(C)(C(=O)c2cccc(N3CCCC3)c2)C1. The zero-order chi connectivity index (χ0) is 18.2. The number of amides is 1. The Morgan fingerprint density at radius 2 is 1.76 bits per heavy atom. The molecule has 3 rings (SSSR count). The normalized spacial score (nSPS) is 19.5. The van der Waals surface area contributed by atoms with E-state index in [9.17, 15) is 9.59 Å². The number of ketones is 1. The average Bonchev–Trinajstić information content (AvgIpc) is 3.04. The van der Waals surface area contributed by atoms with Gasteiger partial charge in [-0.3, -0.25) is 4.79 Å². The third kappa shape index (κ3) is 3.80. The lowest BCUT2D eigenvalue weighted by Gasteiger charge is -2.46. The molecule has 2 saturated heterocycles. The van der Waals surface area contributed by atoms with Crippen LogP contribution in [0.1, 0.15) is 50.9 Å². The summed E-state index contributed by atoms with van der Waals surface area (Å²) in [7, 11) is 0. The number of carbonyl (C=O) groups excluding carboxylic acids is 2. The van der Waals surface area contributed by atoms with Gasteiger partial charge >= 0.3 is 6.09 Å². The fourth-order valence-electron chi connectivity index (χ4n) is 3.56. The lowest BCUT2D eigenvalue weighted by Crippen LogP contribution is -2.61. The molecule has 136 valence electrons. The van der Waals surface area contributed by atoms with Gasteiger partial charge in [0, 0.05) is 37.4 Å². The van der Waals surface area contributed by atoms with Crippen LogP contribution in [0.4, 0.5) is 10.5 Å². The summed E-state index contributed by atoms with van der Waals surface area (Å²) in [4.78, 5) is 29.0. The molecule has 0 aromatic heterocycles. The molecule has 0 spiro atoms. The maximum atomic E-state index is 13.0. The highest BCUT2D eigenvalue weighted by atomic mass is 16.6. The number of hydrogen-bond donors (Lipinski definition) is 0. The highest BCUT2D eigenvalue weighted by Gasteiger charge is 2.48. The third-order valence-electron chi connectivity index (χ3n) is 4.86. The molecule has 5 nitrogen and oxygen atoms in total. The van der Waals surface area contributed by atoms with Crippen molar-refractivity contribution in [3.63, 3.8) is 0 Å². The van der Waals surface area contributed by atoms with E-state index in [-0.39, 0.29) is 11.9 Å². The summed E-state index contributed by atoms with van der Waals surface area (Å²) in [6, 6.07) is 7.89. The maximum Gasteiger partial charge on any atom is 0.410 e. The molecule has 1 aromatic carbocycles. The second-order valence-electron chi connectivity index (χ2n) is 8.47. The third-order valence-corrected chi connectivity index (χ3v) is 4.86. The molecule has 0 saturated carbocycles. The molecule has 2 aliphatic rings. The van der Waals surface area contributed by atoms with Crippen molar-refractivity contribution in [2.24, 2.45) is 5.41 Å². The number of likely N-dealkylation sites (tertiary alicyclic amines) is 1. The second kappa shape index (κ2) is 6.36. The van der Waals surface area contributed by atoms with Crippen molar-refractivity contribution in [1.29, 1.82) is 0 Å². The molecule has 0 N–H and O–H groups in total. The van der Waals surface area contributed by atoms with Crippen LogP contribution in [0, 0.1) is 5.41 Å². The van der Waals surface area contributed by atoms with Crippen LogP contribution in [0.2, 0.25) is 0 Å². The Balaban J connectivity index is 1.66. The summed E-state index contributed by atoms with van der Waals surface area (Å²) < 4.78 is 5.38. The van der Waals surface area contributed by atoms with Gasteiger partial charge < -0.3 is 14.5 Å². The predicted octanol–water partition coefficient (Wildman–Crippen LogP) is 3.73. The van der Waals surface area contributed by atoms with Crippen molar-refractivity contribution in [2.75, 3.05) is 31.1 Å². The smallest absolute Gasteiger partial charge is 0.410 e.